The SMILES string of the molecule is CCOc1ccc(OCC)c(NC(=O)/C=C/c2cccc(OC)c2OC(F)F)c1. The summed E-state index contributed by atoms with van der Waals surface area (Å²) in [5.41, 5.74) is 0.704. The lowest BCUT2D eigenvalue weighted by molar-refractivity contribution is -0.111. The van der Waals surface area contributed by atoms with Crippen LogP contribution < -0.4 is 24.3 Å². The molecule has 0 radical (unpaired) electrons. The van der Waals surface area contributed by atoms with E-state index in [9.17, 15) is 13.6 Å². The highest BCUT2D eigenvalue weighted by atomic mass is 19.3. The summed E-state index contributed by atoms with van der Waals surface area (Å²) in [7, 11) is 1.34. The Bertz CT molecular complexity index is 855. The number of halogens is 2. The molecule has 0 aliphatic carbocycles. The highest BCUT2D eigenvalue weighted by Crippen LogP contribution is 2.33. The van der Waals surface area contributed by atoms with Crippen molar-refractivity contribution in [3.05, 3.63) is 48.0 Å². The maximum Gasteiger partial charge on any atom is 0.387 e. The van der Waals surface area contributed by atoms with Crippen molar-refractivity contribution < 1.29 is 32.5 Å². The van der Waals surface area contributed by atoms with Gasteiger partial charge in [-0.25, -0.2) is 0 Å². The van der Waals surface area contributed by atoms with Crippen LogP contribution in [0.25, 0.3) is 6.08 Å². The molecule has 0 atom stereocenters. The molecule has 0 fully saturated rings. The summed E-state index contributed by atoms with van der Waals surface area (Å²) < 4.78 is 46.0. The lowest BCUT2D eigenvalue weighted by Crippen LogP contribution is -2.10. The van der Waals surface area contributed by atoms with Crippen molar-refractivity contribution in [2.24, 2.45) is 0 Å². The third kappa shape index (κ3) is 6.38. The second kappa shape index (κ2) is 10.9. The fourth-order valence-corrected chi connectivity index (χ4v) is 2.52. The predicted molar refractivity (Wildman–Crippen MR) is 106 cm³/mol. The molecular weight excluding hydrogens is 384 g/mol. The molecule has 0 unspecified atom stereocenters. The molecule has 0 aromatic heterocycles. The van der Waals surface area contributed by atoms with Crippen LogP contribution in [0.1, 0.15) is 19.4 Å². The summed E-state index contributed by atoms with van der Waals surface area (Å²) >= 11 is 0. The van der Waals surface area contributed by atoms with Crippen LogP contribution in [0, 0.1) is 0 Å². The van der Waals surface area contributed by atoms with E-state index in [-0.39, 0.29) is 17.1 Å². The minimum atomic E-state index is -3.03. The number of rotatable bonds is 10. The molecule has 2 rings (SSSR count). The summed E-state index contributed by atoms with van der Waals surface area (Å²) in [5, 5.41) is 2.70. The van der Waals surface area contributed by atoms with Gasteiger partial charge in [0, 0.05) is 17.7 Å². The predicted octanol–water partition coefficient (Wildman–Crippen LogP) is 4.75. The van der Waals surface area contributed by atoms with Crippen molar-refractivity contribution in [2.75, 3.05) is 25.6 Å². The Morgan fingerprint density at radius 3 is 2.52 bits per heavy atom. The van der Waals surface area contributed by atoms with Gasteiger partial charge in [0.05, 0.1) is 26.0 Å². The van der Waals surface area contributed by atoms with Crippen molar-refractivity contribution in [3.8, 4) is 23.0 Å². The van der Waals surface area contributed by atoms with E-state index >= 15 is 0 Å². The van der Waals surface area contributed by atoms with Crippen molar-refractivity contribution in [3.63, 3.8) is 0 Å². The fourth-order valence-electron chi connectivity index (χ4n) is 2.52. The smallest absolute Gasteiger partial charge is 0.387 e. The first-order chi connectivity index (χ1) is 14.0. The van der Waals surface area contributed by atoms with Gasteiger partial charge in [-0.05, 0) is 38.1 Å². The fraction of sp³-hybridized carbons (Fsp3) is 0.286. The van der Waals surface area contributed by atoms with Crippen LogP contribution in [0.5, 0.6) is 23.0 Å². The number of para-hydroxylation sites is 1. The van der Waals surface area contributed by atoms with Crippen LogP contribution >= 0.6 is 0 Å². The number of ether oxygens (including phenoxy) is 4. The standard InChI is InChI=1S/C21H23F2NO5/c1-4-27-15-10-11-17(28-5-2)16(13-15)24-19(25)12-9-14-7-6-8-18(26-3)20(14)29-21(22)23/h6-13,21H,4-5H2,1-3H3,(H,24,25)/b12-9+. The van der Waals surface area contributed by atoms with Crippen LogP contribution in [0.4, 0.5) is 14.5 Å². The molecule has 0 saturated carbocycles. The number of amides is 1. The molecule has 1 amide bonds. The second-order valence-electron chi connectivity index (χ2n) is 5.60. The third-order valence-electron chi connectivity index (χ3n) is 3.67. The summed E-state index contributed by atoms with van der Waals surface area (Å²) in [4.78, 5) is 12.4. The van der Waals surface area contributed by atoms with Gasteiger partial charge in [-0.1, -0.05) is 12.1 Å². The highest BCUT2D eigenvalue weighted by Gasteiger charge is 2.14. The molecule has 0 aliphatic heterocycles. The van der Waals surface area contributed by atoms with Crippen LogP contribution in [0.2, 0.25) is 0 Å². The summed E-state index contributed by atoms with van der Waals surface area (Å²) in [5.74, 6) is 0.570. The average Bonchev–Trinajstić information content (AvgIpc) is 2.69. The van der Waals surface area contributed by atoms with Gasteiger partial charge in [0.2, 0.25) is 5.91 Å². The van der Waals surface area contributed by atoms with Crippen molar-refractivity contribution in [1.82, 2.24) is 0 Å². The number of alkyl halides is 2. The Morgan fingerprint density at radius 2 is 1.86 bits per heavy atom. The molecule has 0 aliphatic rings. The zero-order valence-corrected chi connectivity index (χ0v) is 16.4. The van der Waals surface area contributed by atoms with Gasteiger partial charge in [-0.3, -0.25) is 4.79 Å². The topological polar surface area (TPSA) is 66.0 Å². The maximum absolute atomic E-state index is 12.7. The van der Waals surface area contributed by atoms with Crippen molar-refractivity contribution in [1.29, 1.82) is 0 Å². The van der Waals surface area contributed by atoms with Gasteiger partial charge in [0.25, 0.3) is 0 Å². The second-order valence-corrected chi connectivity index (χ2v) is 5.60. The number of carbonyl (C=O) groups is 1. The number of hydrogen-bond donors (Lipinski definition) is 1. The first kappa shape index (κ1) is 22.0. The molecular formula is C21H23F2NO5. The normalized spacial score (nSPS) is 10.8. The van der Waals surface area contributed by atoms with Gasteiger partial charge in [-0.2, -0.15) is 8.78 Å². The lowest BCUT2D eigenvalue weighted by atomic mass is 10.1. The Hall–Kier alpha value is -3.29. The molecule has 0 bridgehead atoms. The van der Waals surface area contributed by atoms with Gasteiger partial charge >= 0.3 is 6.61 Å². The summed E-state index contributed by atoms with van der Waals surface area (Å²) in [6.45, 7) is 1.55. The van der Waals surface area contributed by atoms with Crippen molar-refractivity contribution in [2.45, 2.75) is 20.5 Å². The minimum Gasteiger partial charge on any atom is -0.494 e. The van der Waals surface area contributed by atoms with E-state index in [0.717, 1.165) is 0 Å². The zero-order valence-electron chi connectivity index (χ0n) is 16.4. The monoisotopic (exact) mass is 407 g/mol. The number of anilines is 1. The Balaban J connectivity index is 2.23. The molecule has 6 nitrogen and oxygen atoms in total. The molecule has 2 aromatic carbocycles. The molecule has 0 saturated heterocycles. The van der Waals surface area contributed by atoms with Crippen molar-refractivity contribution >= 4 is 17.7 Å². The molecule has 0 heterocycles. The van der Waals surface area contributed by atoms with E-state index in [1.807, 2.05) is 13.8 Å². The lowest BCUT2D eigenvalue weighted by Gasteiger charge is -2.13. The average molecular weight is 407 g/mol. The van der Waals surface area contributed by atoms with Crippen LogP contribution in [0.15, 0.2) is 42.5 Å². The molecule has 1 N–H and O–H groups in total. The quantitative estimate of drug-likeness (QED) is 0.576. The summed E-state index contributed by atoms with van der Waals surface area (Å²) in [6, 6.07) is 9.72. The largest absolute Gasteiger partial charge is 0.494 e. The first-order valence-corrected chi connectivity index (χ1v) is 8.99. The highest BCUT2D eigenvalue weighted by molar-refractivity contribution is 6.03. The molecule has 8 heteroatoms. The number of carbonyl (C=O) groups excluding carboxylic acids is 1. The number of hydrogen-bond acceptors (Lipinski definition) is 5. The van der Waals surface area contributed by atoms with E-state index in [4.69, 9.17) is 14.2 Å². The number of methoxy groups -OCH3 is 1. The van der Waals surface area contributed by atoms with E-state index in [1.54, 1.807) is 24.3 Å². The minimum absolute atomic E-state index is 0.135. The molecule has 0 spiro atoms. The number of benzene rings is 2. The van der Waals surface area contributed by atoms with E-state index in [2.05, 4.69) is 10.1 Å². The zero-order chi connectivity index (χ0) is 21.2. The van der Waals surface area contributed by atoms with E-state index < -0.39 is 12.5 Å². The Labute approximate surface area is 168 Å². The van der Waals surface area contributed by atoms with Gasteiger partial charge in [0.1, 0.15) is 11.5 Å². The van der Waals surface area contributed by atoms with E-state index in [1.165, 1.54) is 31.4 Å². The summed E-state index contributed by atoms with van der Waals surface area (Å²) in [6.07, 6.45) is 2.57. The van der Waals surface area contributed by atoms with Gasteiger partial charge in [0.15, 0.2) is 11.5 Å². The molecule has 29 heavy (non-hydrogen) atoms. The Morgan fingerprint density at radius 1 is 1.10 bits per heavy atom. The van der Waals surface area contributed by atoms with Crippen LogP contribution in [-0.4, -0.2) is 32.8 Å². The third-order valence-corrected chi connectivity index (χ3v) is 3.67. The molecule has 156 valence electrons. The Kier molecular flexibility index (Phi) is 8.27. The van der Waals surface area contributed by atoms with Crippen LogP contribution in [-0.2, 0) is 4.79 Å². The van der Waals surface area contributed by atoms with Crippen LogP contribution in [0.3, 0.4) is 0 Å². The molecule has 2 aromatic rings. The van der Waals surface area contributed by atoms with Gasteiger partial charge < -0.3 is 24.3 Å². The van der Waals surface area contributed by atoms with E-state index in [0.29, 0.717) is 30.4 Å². The maximum atomic E-state index is 12.7. The first-order valence-electron chi connectivity index (χ1n) is 8.99. The van der Waals surface area contributed by atoms with Gasteiger partial charge in [-0.15, -0.1) is 0 Å². The number of nitrogens with one attached hydrogen (secondary N) is 1.